The van der Waals surface area contributed by atoms with Gasteiger partial charge in [0.15, 0.2) is 0 Å². The summed E-state index contributed by atoms with van der Waals surface area (Å²) in [4.78, 5) is 22.8. The average Bonchev–Trinajstić information content (AvgIpc) is 2.35. The van der Waals surface area contributed by atoms with Crippen molar-refractivity contribution in [2.24, 2.45) is 0 Å². The molecule has 104 valence electrons. The standard InChI is InChI=1S/C13H17ClN2O3/c1-3-9(4-2)15-13(19)16-11-7-8(14)5-6-10(11)12(17)18/h5-7,9H,3-4H2,1-2H3,(H,17,18)(H2,15,16,19). The number of aromatic carboxylic acids is 1. The molecular formula is C13H17ClN2O3. The van der Waals surface area contributed by atoms with E-state index in [-0.39, 0.29) is 17.3 Å². The number of hydrogen-bond donors (Lipinski definition) is 3. The molecule has 0 saturated carbocycles. The van der Waals surface area contributed by atoms with E-state index >= 15 is 0 Å². The second-order valence-electron chi connectivity index (χ2n) is 4.11. The Labute approximate surface area is 117 Å². The van der Waals surface area contributed by atoms with Crippen molar-refractivity contribution >= 4 is 29.3 Å². The highest BCUT2D eigenvalue weighted by atomic mass is 35.5. The van der Waals surface area contributed by atoms with Crippen LogP contribution >= 0.6 is 11.6 Å². The Morgan fingerprint density at radius 3 is 2.47 bits per heavy atom. The molecule has 0 fully saturated rings. The topological polar surface area (TPSA) is 78.4 Å². The highest BCUT2D eigenvalue weighted by molar-refractivity contribution is 6.31. The van der Waals surface area contributed by atoms with Crippen molar-refractivity contribution in [1.29, 1.82) is 0 Å². The van der Waals surface area contributed by atoms with E-state index in [0.29, 0.717) is 5.02 Å². The summed E-state index contributed by atoms with van der Waals surface area (Å²) in [5.41, 5.74) is 0.188. The largest absolute Gasteiger partial charge is 0.478 e. The van der Waals surface area contributed by atoms with E-state index in [1.807, 2.05) is 13.8 Å². The van der Waals surface area contributed by atoms with Gasteiger partial charge in [-0.1, -0.05) is 25.4 Å². The molecule has 1 aromatic carbocycles. The van der Waals surface area contributed by atoms with E-state index in [9.17, 15) is 9.59 Å². The maximum Gasteiger partial charge on any atom is 0.337 e. The lowest BCUT2D eigenvalue weighted by molar-refractivity contribution is 0.0698. The zero-order valence-corrected chi connectivity index (χ0v) is 11.6. The quantitative estimate of drug-likeness (QED) is 0.776. The maximum absolute atomic E-state index is 11.8. The Bertz CT molecular complexity index is 473. The molecule has 0 aliphatic rings. The van der Waals surface area contributed by atoms with Crippen LogP contribution in [0.5, 0.6) is 0 Å². The Hall–Kier alpha value is -1.75. The third kappa shape index (κ3) is 4.44. The lowest BCUT2D eigenvalue weighted by Gasteiger charge is -2.16. The molecule has 0 atom stereocenters. The van der Waals surface area contributed by atoms with Gasteiger partial charge in [0.05, 0.1) is 11.3 Å². The fourth-order valence-corrected chi connectivity index (χ4v) is 1.82. The molecule has 0 aliphatic heterocycles. The first kappa shape index (κ1) is 15.3. The molecule has 5 nitrogen and oxygen atoms in total. The van der Waals surface area contributed by atoms with Gasteiger partial charge in [0.1, 0.15) is 0 Å². The van der Waals surface area contributed by atoms with Crippen LogP contribution in [0.3, 0.4) is 0 Å². The van der Waals surface area contributed by atoms with Crippen molar-refractivity contribution in [2.75, 3.05) is 5.32 Å². The summed E-state index contributed by atoms with van der Waals surface area (Å²) in [6.07, 6.45) is 1.62. The first-order valence-corrected chi connectivity index (χ1v) is 6.46. The molecule has 0 saturated heterocycles. The van der Waals surface area contributed by atoms with Gasteiger partial charge in [-0.05, 0) is 31.0 Å². The second-order valence-corrected chi connectivity index (χ2v) is 4.54. The van der Waals surface area contributed by atoms with Crippen LogP contribution in [0.25, 0.3) is 0 Å². The fourth-order valence-electron chi connectivity index (χ4n) is 1.64. The summed E-state index contributed by atoms with van der Waals surface area (Å²) in [7, 11) is 0. The molecule has 1 aromatic rings. The average molecular weight is 285 g/mol. The minimum Gasteiger partial charge on any atom is -0.478 e. The van der Waals surface area contributed by atoms with E-state index in [2.05, 4.69) is 10.6 Å². The number of rotatable bonds is 5. The third-order valence-corrected chi connectivity index (χ3v) is 3.02. The molecule has 1 rings (SSSR count). The number of carboxylic acids is 1. The van der Waals surface area contributed by atoms with E-state index in [1.54, 1.807) is 0 Å². The van der Waals surface area contributed by atoms with Crippen molar-refractivity contribution in [3.8, 4) is 0 Å². The van der Waals surface area contributed by atoms with E-state index in [1.165, 1.54) is 18.2 Å². The molecule has 0 aliphatic carbocycles. The monoisotopic (exact) mass is 284 g/mol. The Kier molecular flexibility index (Phi) is 5.63. The highest BCUT2D eigenvalue weighted by Gasteiger charge is 2.14. The Morgan fingerprint density at radius 1 is 1.32 bits per heavy atom. The summed E-state index contributed by atoms with van der Waals surface area (Å²) in [6.45, 7) is 3.94. The molecule has 19 heavy (non-hydrogen) atoms. The lowest BCUT2D eigenvalue weighted by Crippen LogP contribution is -2.37. The van der Waals surface area contributed by atoms with Gasteiger partial charge in [0.2, 0.25) is 0 Å². The number of hydrogen-bond acceptors (Lipinski definition) is 2. The summed E-state index contributed by atoms with van der Waals surface area (Å²) in [6, 6.07) is 3.87. The van der Waals surface area contributed by atoms with E-state index in [0.717, 1.165) is 12.8 Å². The number of nitrogens with one attached hydrogen (secondary N) is 2. The molecule has 0 aromatic heterocycles. The minimum atomic E-state index is -1.12. The maximum atomic E-state index is 11.8. The zero-order valence-electron chi connectivity index (χ0n) is 10.9. The molecule has 0 bridgehead atoms. The highest BCUT2D eigenvalue weighted by Crippen LogP contribution is 2.21. The van der Waals surface area contributed by atoms with Crippen molar-refractivity contribution in [1.82, 2.24) is 5.32 Å². The number of benzene rings is 1. The SMILES string of the molecule is CCC(CC)NC(=O)Nc1cc(Cl)ccc1C(=O)O. The Morgan fingerprint density at radius 2 is 1.95 bits per heavy atom. The number of halogens is 1. The summed E-state index contributed by atoms with van der Waals surface area (Å²) < 4.78 is 0. The van der Waals surface area contributed by atoms with E-state index < -0.39 is 12.0 Å². The van der Waals surface area contributed by atoms with Crippen LogP contribution in [0.15, 0.2) is 18.2 Å². The first-order chi connectivity index (χ1) is 8.97. The number of carbonyl (C=O) groups is 2. The van der Waals surface area contributed by atoms with Crippen molar-refractivity contribution in [2.45, 2.75) is 32.7 Å². The van der Waals surface area contributed by atoms with Crippen molar-refractivity contribution in [3.05, 3.63) is 28.8 Å². The molecule has 0 radical (unpaired) electrons. The van der Waals surface area contributed by atoms with Crippen LogP contribution in [0.2, 0.25) is 5.02 Å². The van der Waals surface area contributed by atoms with Gasteiger partial charge < -0.3 is 15.7 Å². The number of carbonyl (C=O) groups excluding carboxylic acids is 1. The number of carboxylic acid groups (broad SMARTS) is 1. The van der Waals surface area contributed by atoms with Gasteiger partial charge in [-0.25, -0.2) is 9.59 Å². The van der Waals surface area contributed by atoms with Crippen molar-refractivity contribution in [3.63, 3.8) is 0 Å². The normalized spacial score (nSPS) is 10.3. The molecule has 0 unspecified atom stereocenters. The van der Waals surface area contributed by atoms with Gasteiger partial charge in [-0.3, -0.25) is 0 Å². The summed E-state index contributed by atoms with van der Waals surface area (Å²) in [5, 5.41) is 14.7. The number of amides is 2. The zero-order chi connectivity index (χ0) is 14.4. The number of anilines is 1. The van der Waals surface area contributed by atoms with Crippen molar-refractivity contribution < 1.29 is 14.7 Å². The predicted molar refractivity (Wildman–Crippen MR) is 74.9 cm³/mol. The lowest BCUT2D eigenvalue weighted by atomic mass is 10.1. The molecule has 0 heterocycles. The summed E-state index contributed by atoms with van der Waals surface area (Å²) >= 11 is 5.80. The van der Waals surface area contributed by atoms with Crippen LogP contribution in [-0.2, 0) is 0 Å². The van der Waals surface area contributed by atoms with Crippen LogP contribution in [-0.4, -0.2) is 23.1 Å². The van der Waals surface area contributed by atoms with Crippen LogP contribution < -0.4 is 10.6 Å². The molecule has 3 N–H and O–H groups in total. The predicted octanol–water partition coefficient (Wildman–Crippen LogP) is 3.35. The second kappa shape index (κ2) is 6.99. The number of urea groups is 1. The van der Waals surface area contributed by atoms with Gasteiger partial charge in [0.25, 0.3) is 0 Å². The van der Waals surface area contributed by atoms with Gasteiger partial charge in [-0.15, -0.1) is 0 Å². The van der Waals surface area contributed by atoms with E-state index in [4.69, 9.17) is 16.7 Å². The van der Waals surface area contributed by atoms with Crippen LogP contribution in [0.4, 0.5) is 10.5 Å². The van der Waals surface area contributed by atoms with Gasteiger partial charge in [0, 0.05) is 11.1 Å². The minimum absolute atomic E-state index is 0.00379. The molecule has 0 spiro atoms. The third-order valence-electron chi connectivity index (χ3n) is 2.78. The molecule has 2 amide bonds. The summed E-state index contributed by atoms with van der Waals surface area (Å²) in [5.74, 6) is -1.12. The van der Waals surface area contributed by atoms with Gasteiger partial charge in [-0.2, -0.15) is 0 Å². The van der Waals surface area contributed by atoms with Gasteiger partial charge >= 0.3 is 12.0 Å². The Balaban J connectivity index is 2.83. The van der Waals surface area contributed by atoms with Crippen LogP contribution in [0.1, 0.15) is 37.0 Å². The molecular weight excluding hydrogens is 268 g/mol. The fraction of sp³-hybridized carbons (Fsp3) is 0.385. The van der Waals surface area contributed by atoms with Crippen LogP contribution in [0, 0.1) is 0 Å². The first-order valence-electron chi connectivity index (χ1n) is 6.08. The molecule has 6 heteroatoms. The smallest absolute Gasteiger partial charge is 0.337 e.